The van der Waals surface area contributed by atoms with E-state index in [0.29, 0.717) is 24.5 Å². The Morgan fingerprint density at radius 3 is 2.66 bits per heavy atom. The molecule has 154 valence electrons. The number of hydrogen-bond acceptors (Lipinski definition) is 4. The lowest BCUT2D eigenvalue weighted by molar-refractivity contribution is 0.0774. The molecular weight excluding hydrogens is 368 g/mol. The van der Waals surface area contributed by atoms with E-state index in [-0.39, 0.29) is 11.8 Å². The van der Waals surface area contributed by atoms with Crippen LogP contribution in [0.25, 0.3) is 0 Å². The summed E-state index contributed by atoms with van der Waals surface area (Å²) in [6, 6.07) is 7.80. The topological polar surface area (TPSA) is 76.5 Å². The predicted octanol–water partition coefficient (Wildman–Crippen LogP) is 2.44. The van der Waals surface area contributed by atoms with E-state index in [9.17, 15) is 9.59 Å². The maximum Gasteiger partial charge on any atom is 0.289 e. The fraction of sp³-hybridized carbons (Fsp3) is 0.500. The van der Waals surface area contributed by atoms with Gasteiger partial charge in [-0.15, -0.1) is 0 Å². The van der Waals surface area contributed by atoms with Gasteiger partial charge in [-0.2, -0.15) is 0 Å². The number of nitrogens with one attached hydrogen (secondary N) is 1. The van der Waals surface area contributed by atoms with Crippen molar-refractivity contribution >= 4 is 11.8 Å². The molecule has 0 bridgehead atoms. The zero-order valence-electron chi connectivity index (χ0n) is 16.9. The van der Waals surface area contributed by atoms with Crippen LogP contribution < -0.4 is 10.1 Å². The molecule has 2 amide bonds. The molecule has 4 rings (SSSR count). The first-order chi connectivity index (χ1) is 14.2. The molecule has 2 aromatic rings. The average Bonchev–Trinajstić information content (AvgIpc) is 3.42. The monoisotopic (exact) mass is 396 g/mol. The number of rotatable bonds is 6. The first-order valence-corrected chi connectivity index (χ1v) is 10.5. The smallest absolute Gasteiger partial charge is 0.289 e. The first kappa shape index (κ1) is 19.5. The number of carbonyl (C=O) groups is 2. The molecule has 2 aliphatic heterocycles. The highest BCUT2D eigenvalue weighted by molar-refractivity contribution is 5.97. The maximum atomic E-state index is 12.9. The number of imidazole rings is 1. The predicted molar refractivity (Wildman–Crippen MR) is 109 cm³/mol. The number of carbonyl (C=O) groups excluding carboxylic acids is 2. The van der Waals surface area contributed by atoms with Crippen molar-refractivity contribution < 1.29 is 14.3 Å². The summed E-state index contributed by atoms with van der Waals surface area (Å²) in [5.74, 6) is 1.00. The largest absolute Gasteiger partial charge is 0.496 e. The summed E-state index contributed by atoms with van der Waals surface area (Å²) in [5, 5.41) is 2.98. The summed E-state index contributed by atoms with van der Waals surface area (Å²) < 4.78 is 7.34. The molecule has 1 fully saturated rings. The lowest BCUT2D eigenvalue weighted by Gasteiger charge is -2.19. The van der Waals surface area contributed by atoms with Crippen LogP contribution in [-0.2, 0) is 19.4 Å². The second-order valence-electron chi connectivity index (χ2n) is 7.66. The van der Waals surface area contributed by atoms with E-state index in [1.165, 1.54) is 0 Å². The van der Waals surface area contributed by atoms with Gasteiger partial charge in [-0.1, -0.05) is 18.2 Å². The van der Waals surface area contributed by atoms with Crippen molar-refractivity contribution in [2.24, 2.45) is 0 Å². The van der Waals surface area contributed by atoms with Crippen LogP contribution in [0.5, 0.6) is 5.75 Å². The molecule has 0 atom stereocenters. The SMILES string of the molecule is COc1ccccc1CCNC(=O)c1nc(C(=O)N2CCCC2)n2c1CCCC2. The van der Waals surface area contributed by atoms with E-state index in [4.69, 9.17) is 4.74 Å². The van der Waals surface area contributed by atoms with Crippen LogP contribution in [0.2, 0.25) is 0 Å². The molecule has 0 spiro atoms. The fourth-order valence-corrected chi connectivity index (χ4v) is 4.25. The van der Waals surface area contributed by atoms with Crippen molar-refractivity contribution in [3.63, 3.8) is 0 Å². The molecular formula is C22H28N4O3. The Labute approximate surface area is 171 Å². The number of ether oxygens (including phenoxy) is 1. The number of para-hydroxylation sites is 1. The number of methoxy groups -OCH3 is 1. The van der Waals surface area contributed by atoms with Crippen LogP contribution in [0.4, 0.5) is 0 Å². The second-order valence-corrected chi connectivity index (χ2v) is 7.66. The van der Waals surface area contributed by atoms with Gasteiger partial charge in [-0.3, -0.25) is 9.59 Å². The van der Waals surface area contributed by atoms with Gasteiger partial charge in [-0.25, -0.2) is 4.98 Å². The zero-order valence-corrected chi connectivity index (χ0v) is 16.9. The molecule has 1 saturated heterocycles. The number of amides is 2. The number of aromatic nitrogens is 2. The Bertz CT molecular complexity index is 899. The van der Waals surface area contributed by atoms with Crippen molar-refractivity contribution in [3.05, 3.63) is 47.0 Å². The van der Waals surface area contributed by atoms with Gasteiger partial charge in [0, 0.05) is 26.2 Å². The number of hydrogen-bond donors (Lipinski definition) is 1. The number of likely N-dealkylation sites (tertiary alicyclic amines) is 1. The lowest BCUT2D eigenvalue weighted by atomic mass is 10.1. The molecule has 0 unspecified atom stereocenters. The minimum atomic E-state index is -0.203. The third-order valence-corrected chi connectivity index (χ3v) is 5.79. The summed E-state index contributed by atoms with van der Waals surface area (Å²) >= 11 is 0. The third kappa shape index (κ3) is 3.99. The van der Waals surface area contributed by atoms with E-state index >= 15 is 0 Å². The average molecular weight is 396 g/mol. The van der Waals surface area contributed by atoms with Gasteiger partial charge in [0.1, 0.15) is 11.4 Å². The number of fused-ring (bicyclic) bond motifs is 1. The molecule has 3 heterocycles. The normalized spacial score (nSPS) is 15.8. The molecule has 0 radical (unpaired) electrons. The molecule has 2 aliphatic rings. The van der Waals surface area contributed by atoms with Crippen molar-refractivity contribution in [2.45, 2.75) is 45.1 Å². The van der Waals surface area contributed by atoms with Gasteiger partial charge in [0.15, 0.2) is 5.82 Å². The molecule has 1 N–H and O–H groups in total. The summed E-state index contributed by atoms with van der Waals surface area (Å²) in [7, 11) is 1.65. The van der Waals surface area contributed by atoms with Gasteiger partial charge in [-0.05, 0) is 50.2 Å². The van der Waals surface area contributed by atoms with Crippen molar-refractivity contribution in [1.82, 2.24) is 19.8 Å². The third-order valence-electron chi connectivity index (χ3n) is 5.79. The van der Waals surface area contributed by atoms with Gasteiger partial charge < -0.3 is 19.5 Å². The van der Waals surface area contributed by atoms with Crippen LogP contribution in [0.3, 0.4) is 0 Å². The zero-order chi connectivity index (χ0) is 20.2. The van der Waals surface area contributed by atoms with Crippen LogP contribution in [-0.4, -0.2) is 53.0 Å². The standard InChI is InChI=1S/C22H28N4O3/c1-29-18-10-3-2-8-16(18)11-12-23-21(27)19-17-9-4-5-15-26(17)20(24-19)22(28)25-13-6-7-14-25/h2-3,8,10H,4-7,9,11-15H2,1H3,(H,23,27). The van der Waals surface area contributed by atoms with E-state index < -0.39 is 0 Å². The molecule has 1 aromatic carbocycles. The lowest BCUT2D eigenvalue weighted by Crippen LogP contribution is -2.31. The van der Waals surface area contributed by atoms with E-state index in [1.54, 1.807) is 7.11 Å². The first-order valence-electron chi connectivity index (χ1n) is 10.5. The van der Waals surface area contributed by atoms with E-state index in [2.05, 4.69) is 10.3 Å². The minimum absolute atomic E-state index is 0.0429. The molecule has 7 heteroatoms. The minimum Gasteiger partial charge on any atom is -0.496 e. The van der Waals surface area contributed by atoms with Crippen LogP contribution in [0, 0.1) is 0 Å². The number of benzene rings is 1. The van der Waals surface area contributed by atoms with Crippen LogP contribution >= 0.6 is 0 Å². The van der Waals surface area contributed by atoms with Crippen LogP contribution in [0.15, 0.2) is 24.3 Å². The highest BCUT2D eigenvalue weighted by atomic mass is 16.5. The van der Waals surface area contributed by atoms with Crippen molar-refractivity contribution in [3.8, 4) is 5.75 Å². The highest BCUT2D eigenvalue weighted by Gasteiger charge is 2.30. The van der Waals surface area contributed by atoms with E-state index in [1.807, 2.05) is 33.7 Å². The summed E-state index contributed by atoms with van der Waals surface area (Å²) in [6.45, 7) is 2.80. The Balaban J connectivity index is 1.48. The van der Waals surface area contributed by atoms with E-state index in [0.717, 1.165) is 68.7 Å². The van der Waals surface area contributed by atoms with Gasteiger partial charge >= 0.3 is 0 Å². The maximum absolute atomic E-state index is 12.9. The van der Waals surface area contributed by atoms with Crippen LogP contribution in [0.1, 0.15) is 58.0 Å². The Morgan fingerprint density at radius 2 is 1.86 bits per heavy atom. The Kier molecular flexibility index (Phi) is 5.83. The fourth-order valence-electron chi connectivity index (χ4n) is 4.25. The van der Waals surface area contributed by atoms with Gasteiger partial charge in [0.05, 0.1) is 12.8 Å². The quantitative estimate of drug-likeness (QED) is 0.814. The van der Waals surface area contributed by atoms with Crippen molar-refractivity contribution in [1.29, 1.82) is 0 Å². The summed E-state index contributed by atoms with van der Waals surface area (Å²) in [6.07, 6.45) is 5.56. The Hall–Kier alpha value is -2.83. The molecule has 0 aliphatic carbocycles. The Morgan fingerprint density at radius 1 is 1.10 bits per heavy atom. The van der Waals surface area contributed by atoms with Gasteiger partial charge in [0.25, 0.3) is 11.8 Å². The highest BCUT2D eigenvalue weighted by Crippen LogP contribution is 2.23. The summed E-state index contributed by atoms with van der Waals surface area (Å²) in [5.41, 5.74) is 2.35. The second kappa shape index (κ2) is 8.68. The van der Waals surface area contributed by atoms with Gasteiger partial charge in [0.2, 0.25) is 0 Å². The number of nitrogens with zero attached hydrogens (tertiary/aromatic N) is 3. The molecule has 7 nitrogen and oxygen atoms in total. The summed E-state index contributed by atoms with van der Waals surface area (Å²) in [4.78, 5) is 32.2. The molecule has 1 aromatic heterocycles. The van der Waals surface area contributed by atoms with Crippen molar-refractivity contribution in [2.75, 3.05) is 26.7 Å². The molecule has 0 saturated carbocycles. The molecule has 29 heavy (non-hydrogen) atoms.